The molecule has 0 unspecified atom stereocenters. The Balaban J connectivity index is 1.41. The number of alkyl halides is 1. The molecule has 5 rings (SSSR count). The van der Waals surface area contributed by atoms with Crippen molar-refractivity contribution in [1.82, 2.24) is 35.0 Å². The molecule has 1 saturated heterocycles. The largest absolute Gasteiger partial charge is 0.387 e. The molecule has 12 nitrogen and oxygen atoms in total. The van der Waals surface area contributed by atoms with E-state index in [2.05, 4.69) is 35.7 Å². The van der Waals surface area contributed by atoms with Gasteiger partial charge in [-0.2, -0.15) is 15.0 Å². The molecule has 14 heteroatoms. The average Bonchev–Trinajstić information content (AvgIpc) is 3.32. The van der Waals surface area contributed by atoms with Crippen molar-refractivity contribution in [2.75, 3.05) is 29.9 Å². The Kier molecular flexibility index (Phi) is 6.75. The molecule has 0 radical (unpaired) electrons. The number of nitrogens with zero attached hydrogens (tertiary/aromatic N) is 8. The van der Waals surface area contributed by atoms with Gasteiger partial charge < -0.3 is 20.6 Å². The van der Waals surface area contributed by atoms with Gasteiger partial charge in [0.2, 0.25) is 5.95 Å². The highest BCUT2D eigenvalue weighted by Crippen LogP contribution is 2.25. The van der Waals surface area contributed by atoms with E-state index in [0.717, 1.165) is 12.4 Å². The number of halogens is 2. The highest BCUT2D eigenvalue weighted by atomic mass is 19.1. The third-order valence-electron chi connectivity index (χ3n) is 6.23. The number of hydrogen-bond donors (Lipinski definition) is 3. The van der Waals surface area contributed by atoms with E-state index in [9.17, 15) is 18.7 Å². The summed E-state index contributed by atoms with van der Waals surface area (Å²) in [5, 5.41) is 29.8. The zero-order valence-corrected chi connectivity index (χ0v) is 21.0. The van der Waals surface area contributed by atoms with Crippen LogP contribution in [0.15, 0.2) is 43.1 Å². The van der Waals surface area contributed by atoms with Crippen LogP contribution in [0.5, 0.6) is 0 Å². The van der Waals surface area contributed by atoms with Crippen LogP contribution in [-0.2, 0) is 0 Å². The van der Waals surface area contributed by atoms with E-state index in [1.54, 1.807) is 18.3 Å². The summed E-state index contributed by atoms with van der Waals surface area (Å²) in [5.74, 6) is -0.365. The highest BCUT2D eigenvalue weighted by Gasteiger charge is 2.31. The predicted octanol–water partition coefficient (Wildman–Crippen LogP) is 1.76. The number of pyridine rings is 2. The Morgan fingerprint density at radius 1 is 1.18 bits per heavy atom. The van der Waals surface area contributed by atoms with Crippen molar-refractivity contribution in [3.05, 3.63) is 60.1 Å². The average molecular weight is 535 g/mol. The maximum absolute atomic E-state index is 14.3. The summed E-state index contributed by atoms with van der Waals surface area (Å²) >= 11 is 0. The van der Waals surface area contributed by atoms with Crippen LogP contribution in [0.1, 0.15) is 29.8 Å². The van der Waals surface area contributed by atoms with E-state index in [0.29, 0.717) is 47.1 Å². The smallest absolute Gasteiger partial charge is 0.255 e. The number of aromatic nitrogens is 6. The van der Waals surface area contributed by atoms with Gasteiger partial charge in [0.25, 0.3) is 5.91 Å². The number of carbonyl (C=O) groups excluding carboxylic acids is 1. The highest BCUT2D eigenvalue weighted by molar-refractivity contribution is 5.99. The Bertz CT molecular complexity index is 1560. The number of nitrogens with one attached hydrogen (secondary N) is 2. The summed E-state index contributed by atoms with van der Waals surface area (Å²) in [7, 11) is 0. The van der Waals surface area contributed by atoms with Crippen LogP contribution in [0.3, 0.4) is 0 Å². The second-order valence-electron chi connectivity index (χ2n) is 9.67. The van der Waals surface area contributed by atoms with Gasteiger partial charge in [-0.3, -0.25) is 4.79 Å². The third-order valence-corrected chi connectivity index (χ3v) is 6.23. The van der Waals surface area contributed by atoms with E-state index in [-0.39, 0.29) is 11.6 Å². The zero-order chi connectivity index (χ0) is 27.7. The lowest BCUT2D eigenvalue weighted by molar-refractivity contribution is -0.00177. The van der Waals surface area contributed by atoms with Crippen LogP contribution in [-0.4, -0.2) is 78.2 Å². The van der Waals surface area contributed by atoms with Gasteiger partial charge in [-0.25, -0.2) is 28.7 Å². The van der Waals surface area contributed by atoms with Gasteiger partial charge in [0, 0.05) is 36.9 Å². The quantitative estimate of drug-likeness (QED) is 0.304. The summed E-state index contributed by atoms with van der Waals surface area (Å²) in [6, 6.07) is 5.20. The first-order valence-electron chi connectivity index (χ1n) is 12.0. The molecule has 200 valence electrons. The van der Waals surface area contributed by atoms with Crippen LogP contribution >= 0.6 is 0 Å². The Hall–Kier alpha value is -4.77. The van der Waals surface area contributed by atoms with Gasteiger partial charge in [0.05, 0.1) is 53.6 Å². The lowest BCUT2D eigenvalue weighted by Crippen LogP contribution is -2.55. The van der Waals surface area contributed by atoms with Gasteiger partial charge in [0.1, 0.15) is 12.2 Å². The first-order valence-corrected chi connectivity index (χ1v) is 12.0. The van der Waals surface area contributed by atoms with Crippen molar-refractivity contribution >= 4 is 28.6 Å². The number of rotatable bonds is 8. The number of fused-ring (bicyclic) bond motifs is 1. The molecule has 1 aliphatic heterocycles. The maximum atomic E-state index is 14.3. The topological polar surface area (TPSA) is 158 Å². The SMILES string of the molecule is CC(C)(O)[C@H](F)CNC(=O)c1cnc(-n2ncc3cc(C#N)cnc32)cc1NC1CN(c2ncc(F)cn2)C1. The molecule has 1 fully saturated rings. The van der Waals surface area contributed by atoms with Gasteiger partial charge in [-0.15, -0.1) is 0 Å². The van der Waals surface area contributed by atoms with Gasteiger partial charge >= 0.3 is 0 Å². The third kappa shape index (κ3) is 5.43. The van der Waals surface area contributed by atoms with E-state index in [4.69, 9.17) is 5.26 Å². The summed E-state index contributed by atoms with van der Waals surface area (Å²) < 4.78 is 28.9. The van der Waals surface area contributed by atoms with Gasteiger partial charge in [-0.1, -0.05) is 0 Å². The van der Waals surface area contributed by atoms with Crippen molar-refractivity contribution in [3.63, 3.8) is 0 Å². The van der Waals surface area contributed by atoms with Crippen molar-refractivity contribution in [2.24, 2.45) is 0 Å². The van der Waals surface area contributed by atoms with Crippen LogP contribution in [0.2, 0.25) is 0 Å². The molecule has 0 aliphatic carbocycles. The first kappa shape index (κ1) is 25.9. The van der Waals surface area contributed by atoms with Crippen molar-refractivity contribution in [2.45, 2.75) is 31.7 Å². The molecule has 39 heavy (non-hydrogen) atoms. The van der Waals surface area contributed by atoms with Crippen LogP contribution in [0, 0.1) is 17.1 Å². The fourth-order valence-electron chi connectivity index (χ4n) is 3.96. The summed E-state index contributed by atoms with van der Waals surface area (Å²) in [6.45, 7) is 3.22. The maximum Gasteiger partial charge on any atom is 0.255 e. The molecule has 1 aliphatic rings. The van der Waals surface area contributed by atoms with Gasteiger partial charge in [-0.05, 0) is 19.9 Å². The Morgan fingerprint density at radius 3 is 2.62 bits per heavy atom. The van der Waals surface area contributed by atoms with Crippen molar-refractivity contribution < 1.29 is 18.7 Å². The lowest BCUT2D eigenvalue weighted by atomic mass is 10.0. The molecule has 0 saturated carbocycles. The second kappa shape index (κ2) is 10.2. The Morgan fingerprint density at radius 2 is 1.92 bits per heavy atom. The molecule has 1 atom stereocenters. The molecule has 0 spiro atoms. The predicted molar refractivity (Wildman–Crippen MR) is 137 cm³/mol. The number of hydrogen-bond acceptors (Lipinski definition) is 10. The fraction of sp³-hybridized carbons (Fsp3) is 0.320. The van der Waals surface area contributed by atoms with Crippen molar-refractivity contribution in [1.29, 1.82) is 5.26 Å². The number of amides is 1. The fourth-order valence-corrected chi connectivity index (χ4v) is 3.96. The molecule has 4 aromatic heterocycles. The number of anilines is 2. The number of nitriles is 1. The minimum absolute atomic E-state index is 0.114. The first-order chi connectivity index (χ1) is 18.6. The minimum atomic E-state index is -1.68. The molecular formula is C25H24F2N10O2. The summed E-state index contributed by atoms with van der Waals surface area (Å²) in [4.78, 5) is 31.5. The van der Waals surface area contributed by atoms with Crippen LogP contribution in [0.4, 0.5) is 20.4 Å². The molecule has 5 heterocycles. The lowest BCUT2D eigenvalue weighted by Gasteiger charge is -2.40. The second-order valence-corrected chi connectivity index (χ2v) is 9.67. The Labute approximate surface area is 221 Å². The zero-order valence-electron chi connectivity index (χ0n) is 21.0. The molecule has 3 N–H and O–H groups in total. The van der Waals surface area contributed by atoms with Gasteiger partial charge in [0.15, 0.2) is 17.3 Å². The van der Waals surface area contributed by atoms with Crippen LogP contribution < -0.4 is 15.5 Å². The van der Waals surface area contributed by atoms with E-state index >= 15 is 0 Å². The number of aliphatic hydroxyl groups is 1. The van der Waals surface area contributed by atoms with E-state index in [1.165, 1.54) is 30.9 Å². The monoisotopic (exact) mass is 534 g/mol. The van der Waals surface area contributed by atoms with E-state index < -0.39 is 30.0 Å². The number of carbonyl (C=O) groups is 1. The summed E-state index contributed by atoms with van der Waals surface area (Å²) in [5.41, 5.74) is -0.180. The summed E-state index contributed by atoms with van der Waals surface area (Å²) in [6.07, 6.45) is 4.84. The molecule has 0 bridgehead atoms. The molecule has 4 aromatic rings. The minimum Gasteiger partial charge on any atom is -0.387 e. The van der Waals surface area contributed by atoms with Crippen LogP contribution in [0.25, 0.3) is 16.9 Å². The normalized spacial score (nSPS) is 14.5. The van der Waals surface area contributed by atoms with E-state index in [1.807, 2.05) is 11.0 Å². The molecular weight excluding hydrogens is 510 g/mol. The molecule has 0 aromatic carbocycles. The standard InChI is InChI=1S/C25H24F2N10O2/c1-25(2,39)20(27)11-31-23(38)18-10-29-21(37-22-15(7-34-37)3-14(5-28)6-30-22)4-19(18)35-17-12-36(13-17)24-32-8-16(26)9-33-24/h3-4,6-10,17,20,39H,11-13H2,1-2H3,(H,29,35)(H,31,38)/t20-/m1/s1. The van der Waals surface area contributed by atoms with Crippen molar-refractivity contribution in [3.8, 4) is 11.9 Å². The molecule has 1 amide bonds.